The van der Waals surface area contributed by atoms with Gasteiger partial charge in [0.2, 0.25) is 0 Å². The minimum atomic E-state index is -0.224. The summed E-state index contributed by atoms with van der Waals surface area (Å²) >= 11 is 7.32. The Morgan fingerprint density at radius 2 is 2.22 bits per heavy atom. The predicted molar refractivity (Wildman–Crippen MR) is 69.1 cm³/mol. The third-order valence-electron chi connectivity index (χ3n) is 2.43. The van der Waals surface area contributed by atoms with Crippen LogP contribution in [0.1, 0.15) is 19.4 Å². The van der Waals surface area contributed by atoms with Crippen LogP contribution in [0.15, 0.2) is 21.3 Å². The molecule has 0 aliphatic rings. The number of hydrogen-bond acceptors (Lipinski definition) is 5. The van der Waals surface area contributed by atoms with Gasteiger partial charge in [0, 0.05) is 12.1 Å². The summed E-state index contributed by atoms with van der Waals surface area (Å²) < 4.78 is 1.54. The molecule has 0 saturated carbocycles. The summed E-state index contributed by atoms with van der Waals surface area (Å²) in [7, 11) is 0. The predicted octanol–water partition coefficient (Wildman–Crippen LogP) is 1.75. The zero-order valence-electron chi connectivity index (χ0n) is 9.97. The fraction of sp³-hybridized carbons (Fsp3) is 0.400. The molecule has 0 radical (unpaired) electrons. The highest BCUT2D eigenvalue weighted by atomic mass is 35.5. The Morgan fingerprint density at radius 1 is 1.44 bits per heavy atom. The Hall–Kier alpha value is -1.34. The lowest BCUT2D eigenvalue weighted by Gasteiger charge is -2.06. The molecule has 2 heterocycles. The van der Waals surface area contributed by atoms with Crippen molar-refractivity contribution in [3.63, 3.8) is 0 Å². The molecular formula is C10H12ClN5OS. The fourth-order valence-electron chi connectivity index (χ4n) is 1.51. The van der Waals surface area contributed by atoms with E-state index in [1.807, 2.05) is 13.8 Å². The molecule has 0 aliphatic heterocycles. The number of H-pyrrole nitrogens is 1. The van der Waals surface area contributed by atoms with Crippen LogP contribution in [-0.4, -0.2) is 24.7 Å². The lowest BCUT2D eigenvalue weighted by atomic mass is 10.3. The van der Waals surface area contributed by atoms with Crippen molar-refractivity contribution in [2.75, 3.05) is 0 Å². The Bertz CT molecular complexity index is 609. The first-order valence-electron chi connectivity index (χ1n) is 5.49. The van der Waals surface area contributed by atoms with Crippen LogP contribution in [-0.2, 0) is 13.0 Å². The molecule has 0 saturated heterocycles. The van der Waals surface area contributed by atoms with Gasteiger partial charge >= 0.3 is 5.69 Å². The molecule has 6 nitrogen and oxygen atoms in total. The van der Waals surface area contributed by atoms with Crippen molar-refractivity contribution in [3.8, 4) is 0 Å². The SMILES string of the molecule is CCc1c(Cl)ncnc1Sc1n[nH]c(=O)n1CC. The van der Waals surface area contributed by atoms with Gasteiger partial charge in [0.05, 0.1) is 0 Å². The molecule has 2 rings (SSSR count). The van der Waals surface area contributed by atoms with E-state index in [0.717, 1.165) is 17.0 Å². The topological polar surface area (TPSA) is 76.5 Å². The van der Waals surface area contributed by atoms with Gasteiger partial charge in [0.15, 0.2) is 5.16 Å². The largest absolute Gasteiger partial charge is 0.343 e. The van der Waals surface area contributed by atoms with Crippen molar-refractivity contribution in [3.05, 3.63) is 27.5 Å². The molecule has 0 aromatic carbocycles. The summed E-state index contributed by atoms with van der Waals surface area (Å²) in [6, 6.07) is 0. The maximum Gasteiger partial charge on any atom is 0.343 e. The quantitative estimate of drug-likeness (QED) is 0.866. The van der Waals surface area contributed by atoms with Gasteiger partial charge < -0.3 is 0 Å². The first-order valence-corrected chi connectivity index (χ1v) is 6.69. The highest BCUT2D eigenvalue weighted by molar-refractivity contribution is 7.99. The van der Waals surface area contributed by atoms with E-state index in [9.17, 15) is 4.79 Å². The molecule has 0 amide bonds. The van der Waals surface area contributed by atoms with Crippen LogP contribution in [0, 0.1) is 0 Å². The van der Waals surface area contributed by atoms with Gasteiger partial charge in [-0.25, -0.2) is 19.9 Å². The third kappa shape index (κ3) is 2.41. The van der Waals surface area contributed by atoms with Crippen molar-refractivity contribution >= 4 is 23.4 Å². The lowest BCUT2D eigenvalue weighted by molar-refractivity contribution is 0.659. The molecule has 0 bridgehead atoms. The Morgan fingerprint density at radius 3 is 2.89 bits per heavy atom. The zero-order chi connectivity index (χ0) is 13.1. The molecule has 1 N–H and O–H groups in total. The number of nitrogens with one attached hydrogen (secondary N) is 1. The van der Waals surface area contributed by atoms with Crippen molar-refractivity contribution < 1.29 is 0 Å². The second-order valence-corrected chi connectivity index (χ2v) is 4.77. The molecule has 0 atom stereocenters. The van der Waals surface area contributed by atoms with Gasteiger partial charge in [-0.2, -0.15) is 0 Å². The van der Waals surface area contributed by atoms with E-state index in [-0.39, 0.29) is 5.69 Å². The maximum absolute atomic E-state index is 11.5. The number of hydrogen-bond donors (Lipinski definition) is 1. The van der Waals surface area contributed by atoms with Crippen molar-refractivity contribution in [1.82, 2.24) is 24.7 Å². The van der Waals surface area contributed by atoms with E-state index in [4.69, 9.17) is 11.6 Å². The van der Waals surface area contributed by atoms with E-state index in [0.29, 0.717) is 16.9 Å². The van der Waals surface area contributed by atoms with Crippen molar-refractivity contribution in [2.45, 2.75) is 37.0 Å². The Kier molecular flexibility index (Phi) is 4.03. The van der Waals surface area contributed by atoms with E-state index < -0.39 is 0 Å². The van der Waals surface area contributed by atoms with Crippen LogP contribution in [0.25, 0.3) is 0 Å². The first kappa shape index (κ1) is 13.1. The monoisotopic (exact) mass is 285 g/mol. The number of aromatic amines is 1. The van der Waals surface area contributed by atoms with Crippen LogP contribution < -0.4 is 5.69 Å². The van der Waals surface area contributed by atoms with Crippen molar-refractivity contribution in [2.24, 2.45) is 0 Å². The van der Waals surface area contributed by atoms with Crippen LogP contribution in [0.3, 0.4) is 0 Å². The van der Waals surface area contributed by atoms with Gasteiger partial charge in [-0.15, -0.1) is 5.10 Å². The molecule has 0 spiro atoms. The van der Waals surface area contributed by atoms with E-state index in [1.165, 1.54) is 18.1 Å². The van der Waals surface area contributed by atoms with E-state index >= 15 is 0 Å². The van der Waals surface area contributed by atoms with Gasteiger partial charge in [0.1, 0.15) is 16.5 Å². The molecular weight excluding hydrogens is 274 g/mol. The summed E-state index contributed by atoms with van der Waals surface area (Å²) in [5.41, 5.74) is 0.639. The average Bonchev–Trinajstić information content (AvgIpc) is 2.70. The van der Waals surface area contributed by atoms with E-state index in [1.54, 1.807) is 4.57 Å². The molecule has 2 aromatic heterocycles. The molecule has 96 valence electrons. The van der Waals surface area contributed by atoms with Crippen LogP contribution >= 0.6 is 23.4 Å². The molecule has 0 aliphatic carbocycles. The smallest absolute Gasteiger partial charge is 0.270 e. The Labute approximate surface area is 113 Å². The molecule has 18 heavy (non-hydrogen) atoms. The Balaban J connectivity index is 2.40. The molecule has 0 fully saturated rings. The number of halogens is 1. The van der Waals surface area contributed by atoms with Gasteiger partial charge in [-0.3, -0.25) is 4.57 Å². The highest BCUT2D eigenvalue weighted by Crippen LogP contribution is 2.29. The van der Waals surface area contributed by atoms with Crippen LogP contribution in [0.5, 0.6) is 0 Å². The minimum absolute atomic E-state index is 0.224. The standard InChI is InChI=1S/C10H12ClN5OS/c1-3-6-7(11)12-5-13-8(6)18-10-15-14-9(17)16(10)4-2/h5H,3-4H2,1-2H3,(H,14,17). The highest BCUT2D eigenvalue weighted by Gasteiger charge is 2.14. The van der Waals surface area contributed by atoms with Gasteiger partial charge in [-0.05, 0) is 25.1 Å². The zero-order valence-corrected chi connectivity index (χ0v) is 11.5. The third-order valence-corrected chi connectivity index (χ3v) is 3.80. The first-order chi connectivity index (χ1) is 8.67. The summed E-state index contributed by atoms with van der Waals surface area (Å²) in [5.74, 6) is 0. The van der Waals surface area contributed by atoms with E-state index in [2.05, 4.69) is 20.2 Å². The lowest BCUT2D eigenvalue weighted by Crippen LogP contribution is -2.16. The summed E-state index contributed by atoms with van der Waals surface area (Å²) in [6.07, 6.45) is 2.13. The summed E-state index contributed by atoms with van der Waals surface area (Å²) in [4.78, 5) is 19.6. The van der Waals surface area contributed by atoms with Crippen LogP contribution in [0.4, 0.5) is 0 Å². The normalized spacial score (nSPS) is 10.8. The maximum atomic E-state index is 11.5. The average molecular weight is 286 g/mol. The number of nitrogens with zero attached hydrogens (tertiary/aromatic N) is 4. The van der Waals surface area contributed by atoms with Gasteiger partial charge in [-0.1, -0.05) is 18.5 Å². The second kappa shape index (κ2) is 5.53. The fourth-order valence-corrected chi connectivity index (χ4v) is 2.88. The number of aromatic nitrogens is 5. The molecule has 8 heteroatoms. The summed E-state index contributed by atoms with van der Waals surface area (Å²) in [6.45, 7) is 4.42. The molecule has 0 unspecified atom stereocenters. The van der Waals surface area contributed by atoms with Gasteiger partial charge in [0.25, 0.3) is 0 Å². The second-order valence-electron chi connectivity index (χ2n) is 3.46. The number of rotatable bonds is 4. The van der Waals surface area contributed by atoms with Crippen molar-refractivity contribution in [1.29, 1.82) is 0 Å². The summed E-state index contributed by atoms with van der Waals surface area (Å²) in [5, 5.41) is 8.14. The molecule has 2 aromatic rings. The minimum Gasteiger partial charge on any atom is -0.270 e. The van der Waals surface area contributed by atoms with Crippen LogP contribution in [0.2, 0.25) is 5.15 Å².